The van der Waals surface area contributed by atoms with Gasteiger partial charge in [0.15, 0.2) is 9.84 Å². The van der Waals surface area contributed by atoms with Gasteiger partial charge in [-0.1, -0.05) is 19.1 Å². The highest BCUT2D eigenvalue weighted by molar-refractivity contribution is 7.91. The molecule has 0 aromatic heterocycles. The van der Waals surface area contributed by atoms with Crippen molar-refractivity contribution in [3.8, 4) is 5.75 Å². The number of sulfone groups is 1. The molecule has 3 atom stereocenters. The van der Waals surface area contributed by atoms with Gasteiger partial charge in [0, 0.05) is 12.1 Å². The van der Waals surface area contributed by atoms with Crippen LogP contribution in [0.5, 0.6) is 5.75 Å². The van der Waals surface area contributed by atoms with Crippen molar-refractivity contribution in [1.82, 2.24) is 5.32 Å². The molecule has 4 rings (SSSR count). The average Bonchev–Trinajstić information content (AvgIpc) is 3.41. The van der Waals surface area contributed by atoms with Crippen LogP contribution in [0.1, 0.15) is 40.9 Å². The molecular weight excluding hydrogens is 630 g/mol. The molecule has 1 aliphatic rings. The Morgan fingerprint density at radius 1 is 1.07 bits per heavy atom. The van der Waals surface area contributed by atoms with Gasteiger partial charge in [0.05, 0.1) is 53.6 Å². The van der Waals surface area contributed by atoms with Gasteiger partial charge in [-0.15, -0.1) is 0 Å². The second kappa shape index (κ2) is 14.1. The van der Waals surface area contributed by atoms with E-state index in [0.717, 1.165) is 30.3 Å². The maximum atomic E-state index is 15.3. The molecule has 1 heterocycles. The number of aliphatic hydroxyl groups is 1. The van der Waals surface area contributed by atoms with Gasteiger partial charge < -0.3 is 24.8 Å². The molecule has 0 saturated carbocycles. The Labute approximate surface area is 255 Å². The molecule has 3 aromatic carbocycles. The normalized spacial score (nSPS) is 17.8. The third kappa shape index (κ3) is 8.47. The number of aliphatic hydroxyl groups excluding tert-OH is 1. The van der Waals surface area contributed by atoms with Crippen molar-refractivity contribution >= 4 is 21.4 Å². The molecule has 1 aliphatic heterocycles. The number of hydrogen-bond donors (Lipinski definition) is 2. The van der Waals surface area contributed by atoms with Crippen molar-refractivity contribution in [3.63, 3.8) is 0 Å². The third-order valence-corrected chi connectivity index (χ3v) is 9.06. The largest absolute Gasteiger partial charge is 0.489 e. The number of alkyl halides is 5. The summed E-state index contributed by atoms with van der Waals surface area (Å²) in [5.41, 5.74) is -0.635. The molecule has 45 heavy (non-hydrogen) atoms. The number of anilines is 1. The lowest BCUT2D eigenvalue weighted by Gasteiger charge is -2.26. The van der Waals surface area contributed by atoms with Gasteiger partial charge in [0.2, 0.25) is 0 Å². The van der Waals surface area contributed by atoms with E-state index in [1.54, 1.807) is 4.90 Å². The SMILES string of the molecule is CCS(=O)(=O)c1ccc(C(CO)NC(=O)c2ccc(N3C[C@@H](Oc4ccc(C(F)(F)F)cc4)C[C@H]3COC(F)F)cc2F)cc1. The molecular formula is C30H30F6N2O6S. The number of carbonyl (C=O) groups excluding carboxylic acids is 1. The van der Waals surface area contributed by atoms with Gasteiger partial charge in [0.25, 0.3) is 5.91 Å². The van der Waals surface area contributed by atoms with E-state index in [0.29, 0.717) is 5.56 Å². The average molecular weight is 661 g/mol. The summed E-state index contributed by atoms with van der Waals surface area (Å²) in [6.45, 7) is -2.54. The number of hydrogen-bond acceptors (Lipinski definition) is 7. The van der Waals surface area contributed by atoms with Crippen LogP contribution in [0.25, 0.3) is 0 Å². The van der Waals surface area contributed by atoms with E-state index in [9.17, 15) is 40.3 Å². The fourth-order valence-corrected chi connectivity index (χ4v) is 5.83. The Balaban J connectivity index is 1.48. The molecule has 2 N–H and O–H groups in total. The van der Waals surface area contributed by atoms with Gasteiger partial charge in [-0.05, 0) is 60.2 Å². The van der Waals surface area contributed by atoms with Crippen LogP contribution in [0, 0.1) is 5.82 Å². The van der Waals surface area contributed by atoms with E-state index in [1.807, 2.05) is 0 Å². The van der Waals surface area contributed by atoms with E-state index in [1.165, 1.54) is 43.3 Å². The second-order valence-electron chi connectivity index (χ2n) is 10.2. The summed E-state index contributed by atoms with van der Waals surface area (Å²) < 4.78 is 114. The number of benzene rings is 3. The number of carbonyl (C=O) groups is 1. The van der Waals surface area contributed by atoms with Crippen LogP contribution in [-0.2, 0) is 20.8 Å². The minimum Gasteiger partial charge on any atom is -0.489 e. The predicted molar refractivity (Wildman–Crippen MR) is 151 cm³/mol. The van der Waals surface area contributed by atoms with Gasteiger partial charge >= 0.3 is 12.8 Å². The molecule has 0 radical (unpaired) electrons. The van der Waals surface area contributed by atoms with Gasteiger partial charge in [-0.25, -0.2) is 12.8 Å². The van der Waals surface area contributed by atoms with Gasteiger partial charge in [-0.2, -0.15) is 22.0 Å². The van der Waals surface area contributed by atoms with E-state index in [4.69, 9.17) is 4.74 Å². The minimum absolute atomic E-state index is 0.0552. The number of amides is 1. The Morgan fingerprint density at radius 2 is 1.73 bits per heavy atom. The highest BCUT2D eigenvalue weighted by Crippen LogP contribution is 2.33. The number of nitrogens with one attached hydrogen (secondary N) is 1. The Morgan fingerprint density at radius 3 is 2.29 bits per heavy atom. The van der Waals surface area contributed by atoms with Crippen molar-refractivity contribution in [3.05, 3.63) is 89.2 Å². The highest BCUT2D eigenvalue weighted by atomic mass is 32.2. The molecule has 1 amide bonds. The van der Waals surface area contributed by atoms with Crippen LogP contribution in [-0.4, -0.2) is 63.7 Å². The molecule has 15 heteroatoms. The first-order chi connectivity index (χ1) is 21.2. The lowest BCUT2D eigenvalue weighted by atomic mass is 10.1. The summed E-state index contributed by atoms with van der Waals surface area (Å²) in [6.07, 6.45) is -5.06. The summed E-state index contributed by atoms with van der Waals surface area (Å²) >= 11 is 0. The molecule has 1 unspecified atom stereocenters. The molecule has 8 nitrogen and oxygen atoms in total. The van der Waals surface area contributed by atoms with Crippen molar-refractivity contribution in [2.75, 3.05) is 30.4 Å². The minimum atomic E-state index is -4.53. The quantitative estimate of drug-likeness (QED) is 0.252. The molecule has 0 spiro atoms. The summed E-state index contributed by atoms with van der Waals surface area (Å²) in [5.74, 6) is -1.80. The maximum Gasteiger partial charge on any atom is 0.416 e. The van der Waals surface area contributed by atoms with Crippen LogP contribution in [0.2, 0.25) is 0 Å². The van der Waals surface area contributed by atoms with Crippen LogP contribution >= 0.6 is 0 Å². The fourth-order valence-electron chi connectivity index (χ4n) is 4.94. The van der Waals surface area contributed by atoms with E-state index in [-0.39, 0.29) is 40.6 Å². The summed E-state index contributed by atoms with van der Waals surface area (Å²) in [4.78, 5) is 14.6. The summed E-state index contributed by atoms with van der Waals surface area (Å²) in [5, 5.41) is 12.4. The molecule has 1 saturated heterocycles. The van der Waals surface area contributed by atoms with Crippen LogP contribution < -0.4 is 15.0 Å². The van der Waals surface area contributed by atoms with Gasteiger partial charge in [-0.3, -0.25) is 4.79 Å². The Hall–Kier alpha value is -3.82. The van der Waals surface area contributed by atoms with Crippen molar-refractivity contribution in [1.29, 1.82) is 0 Å². The summed E-state index contributed by atoms with van der Waals surface area (Å²) in [6, 6.07) is 11.5. The lowest BCUT2D eigenvalue weighted by molar-refractivity contribution is -0.137. The first-order valence-corrected chi connectivity index (χ1v) is 15.4. The number of halogens is 6. The Kier molecular flexibility index (Phi) is 10.7. The fraction of sp³-hybridized carbons (Fsp3) is 0.367. The molecule has 1 fully saturated rings. The first kappa shape index (κ1) is 34.1. The van der Waals surface area contributed by atoms with Crippen LogP contribution in [0.3, 0.4) is 0 Å². The van der Waals surface area contributed by atoms with Crippen molar-refractivity contribution in [2.45, 2.75) is 49.2 Å². The standard InChI is InChI=1S/C30H30F6N2O6S/c1-2-45(41,42)24-10-3-18(4-11-24)27(16-39)37-28(40)25-12-7-20(14-26(25)31)38-15-23(13-21(38)17-43-29(32)33)44-22-8-5-19(6-9-22)30(34,35)36/h3-12,14,21,23,27,29,39H,2,13,15-17H2,1H3,(H,37,40)/t21-,23-,27?/m0/s1. The first-order valence-electron chi connectivity index (χ1n) is 13.8. The molecule has 0 aliphatic carbocycles. The number of nitrogens with zero attached hydrogens (tertiary/aromatic N) is 1. The van der Waals surface area contributed by atoms with Crippen molar-refractivity contribution in [2.24, 2.45) is 0 Å². The van der Waals surface area contributed by atoms with E-state index in [2.05, 4.69) is 10.1 Å². The zero-order valence-electron chi connectivity index (χ0n) is 23.8. The van der Waals surface area contributed by atoms with Gasteiger partial charge in [0.1, 0.15) is 17.7 Å². The number of rotatable bonds is 12. The third-order valence-electron chi connectivity index (χ3n) is 7.31. The molecule has 0 bridgehead atoms. The summed E-state index contributed by atoms with van der Waals surface area (Å²) in [7, 11) is -3.46. The predicted octanol–water partition coefficient (Wildman–Crippen LogP) is 5.37. The monoisotopic (exact) mass is 660 g/mol. The lowest BCUT2D eigenvalue weighted by Crippen LogP contribution is -2.34. The molecule has 3 aromatic rings. The maximum absolute atomic E-state index is 15.3. The Bertz CT molecular complexity index is 1570. The second-order valence-corrected chi connectivity index (χ2v) is 12.5. The highest BCUT2D eigenvalue weighted by Gasteiger charge is 2.36. The zero-order valence-corrected chi connectivity index (χ0v) is 24.6. The van der Waals surface area contributed by atoms with E-state index >= 15 is 4.39 Å². The molecule has 244 valence electrons. The number of ether oxygens (including phenoxy) is 2. The van der Waals surface area contributed by atoms with Crippen LogP contribution in [0.15, 0.2) is 71.6 Å². The topological polar surface area (TPSA) is 105 Å². The zero-order chi connectivity index (χ0) is 32.9. The van der Waals surface area contributed by atoms with E-state index < -0.39 is 71.3 Å². The van der Waals surface area contributed by atoms with Crippen molar-refractivity contribution < 1.29 is 54.1 Å². The smallest absolute Gasteiger partial charge is 0.416 e. The van der Waals surface area contributed by atoms with Crippen LogP contribution in [0.4, 0.5) is 32.0 Å².